The number of ether oxygens (including phenoxy) is 1. The van der Waals surface area contributed by atoms with Crippen LogP contribution in [0.4, 0.5) is 0 Å². The minimum atomic E-state index is -1.43. The SMILES string of the molecule is COc1ccc(-c2cn(CC(O)O)nn2)cc1. The molecule has 6 nitrogen and oxygen atoms in total. The molecule has 17 heavy (non-hydrogen) atoms. The number of aliphatic hydroxyl groups is 2. The standard InChI is InChI=1S/C11H13N3O3/c1-17-9-4-2-8(3-5-9)10-6-14(13-12-10)7-11(15)16/h2-6,11,15-16H,7H2,1H3. The Balaban J connectivity index is 2.18. The Kier molecular flexibility index (Phi) is 3.36. The largest absolute Gasteiger partial charge is 0.497 e. The highest BCUT2D eigenvalue weighted by atomic mass is 16.5. The van der Waals surface area contributed by atoms with Gasteiger partial charge in [0, 0.05) is 5.56 Å². The van der Waals surface area contributed by atoms with E-state index in [4.69, 9.17) is 14.9 Å². The molecule has 0 atom stereocenters. The Labute approximate surface area is 98.1 Å². The highest BCUT2D eigenvalue weighted by molar-refractivity contribution is 5.58. The zero-order valence-electron chi connectivity index (χ0n) is 9.32. The van der Waals surface area contributed by atoms with Gasteiger partial charge in [-0.05, 0) is 24.3 Å². The van der Waals surface area contributed by atoms with Crippen LogP contribution in [-0.2, 0) is 6.54 Å². The molecule has 0 saturated heterocycles. The number of rotatable bonds is 4. The molecule has 2 N–H and O–H groups in total. The lowest BCUT2D eigenvalue weighted by Gasteiger charge is -2.01. The topological polar surface area (TPSA) is 80.4 Å². The Morgan fingerprint density at radius 1 is 1.29 bits per heavy atom. The minimum Gasteiger partial charge on any atom is -0.497 e. The summed E-state index contributed by atoms with van der Waals surface area (Å²) in [5.74, 6) is 0.770. The van der Waals surface area contributed by atoms with Gasteiger partial charge in [-0.1, -0.05) is 5.21 Å². The maximum Gasteiger partial charge on any atom is 0.171 e. The van der Waals surface area contributed by atoms with Crippen molar-refractivity contribution in [1.82, 2.24) is 15.0 Å². The molecule has 0 aliphatic carbocycles. The highest BCUT2D eigenvalue weighted by Gasteiger charge is 2.06. The van der Waals surface area contributed by atoms with Crippen LogP contribution < -0.4 is 4.74 Å². The molecular weight excluding hydrogens is 222 g/mol. The molecule has 0 spiro atoms. The summed E-state index contributed by atoms with van der Waals surface area (Å²) in [6.45, 7) is 0.00313. The fraction of sp³-hybridized carbons (Fsp3) is 0.273. The molecule has 0 radical (unpaired) electrons. The van der Waals surface area contributed by atoms with E-state index in [-0.39, 0.29) is 6.54 Å². The summed E-state index contributed by atoms with van der Waals surface area (Å²) in [4.78, 5) is 0. The van der Waals surface area contributed by atoms with Crippen LogP contribution in [0, 0.1) is 0 Å². The van der Waals surface area contributed by atoms with E-state index in [9.17, 15) is 0 Å². The lowest BCUT2D eigenvalue weighted by Crippen LogP contribution is -2.14. The van der Waals surface area contributed by atoms with Gasteiger partial charge in [0.1, 0.15) is 11.4 Å². The molecule has 2 aromatic rings. The molecule has 0 unspecified atom stereocenters. The van der Waals surface area contributed by atoms with Crippen LogP contribution in [0.15, 0.2) is 30.5 Å². The van der Waals surface area contributed by atoms with Crippen LogP contribution >= 0.6 is 0 Å². The maximum atomic E-state index is 8.80. The fourth-order valence-corrected chi connectivity index (χ4v) is 1.45. The first-order valence-corrected chi connectivity index (χ1v) is 5.10. The van der Waals surface area contributed by atoms with Gasteiger partial charge >= 0.3 is 0 Å². The monoisotopic (exact) mass is 235 g/mol. The van der Waals surface area contributed by atoms with Crippen molar-refractivity contribution in [1.29, 1.82) is 0 Å². The molecule has 0 saturated carbocycles. The van der Waals surface area contributed by atoms with E-state index >= 15 is 0 Å². The van der Waals surface area contributed by atoms with Gasteiger partial charge in [0.2, 0.25) is 0 Å². The number of hydrogen-bond donors (Lipinski definition) is 2. The van der Waals surface area contributed by atoms with Crippen molar-refractivity contribution in [2.24, 2.45) is 0 Å². The van der Waals surface area contributed by atoms with Crippen LogP contribution in [0.3, 0.4) is 0 Å². The molecule has 0 bridgehead atoms. The van der Waals surface area contributed by atoms with Crippen LogP contribution in [-0.4, -0.2) is 38.6 Å². The van der Waals surface area contributed by atoms with Crippen molar-refractivity contribution >= 4 is 0 Å². The van der Waals surface area contributed by atoms with Gasteiger partial charge in [-0.3, -0.25) is 0 Å². The first kappa shape index (κ1) is 11.6. The van der Waals surface area contributed by atoms with Gasteiger partial charge in [-0.2, -0.15) is 0 Å². The lowest BCUT2D eigenvalue weighted by atomic mass is 10.2. The molecule has 2 rings (SSSR count). The van der Waals surface area contributed by atoms with E-state index in [0.29, 0.717) is 5.69 Å². The minimum absolute atomic E-state index is 0.00313. The van der Waals surface area contributed by atoms with Crippen LogP contribution in [0.1, 0.15) is 0 Å². The van der Waals surface area contributed by atoms with Crippen molar-refractivity contribution in [3.05, 3.63) is 30.5 Å². The second kappa shape index (κ2) is 4.94. The highest BCUT2D eigenvalue weighted by Crippen LogP contribution is 2.19. The third kappa shape index (κ3) is 2.80. The third-order valence-electron chi connectivity index (χ3n) is 2.27. The van der Waals surface area contributed by atoms with E-state index in [1.807, 2.05) is 24.3 Å². The van der Waals surface area contributed by atoms with Crippen LogP contribution in [0.2, 0.25) is 0 Å². The van der Waals surface area contributed by atoms with Crippen molar-refractivity contribution in [3.8, 4) is 17.0 Å². The van der Waals surface area contributed by atoms with E-state index in [2.05, 4.69) is 10.3 Å². The predicted molar refractivity (Wildman–Crippen MR) is 60.2 cm³/mol. The normalized spacial score (nSPS) is 10.8. The van der Waals surface area contributed by atoms with Crippen molar-refractivity contribution in [3.63, 3.8) is 0 Å². The molecule has 0 aliphatic heterocycles. The first-order valence-electron chi connectivity index (χ1n) is 5.10. The van der Waals surface area contributed by atoms with E-state index in [1.54, 1.807) is 13.3 Å². The average Bonchev–Trinajstić information content (AvgIpc) is 2.77. The molecule has 0 fully saturated rings. The molecule has 0 amide bonds. The summed E-state index contributed by atoms with van der Waals surface area (Å²) in [5, 5.41) is 25.3. The number of benzene rings is 1. The first-order chi connectivity index (χ1) is 8.19. The molecule has 1 aromatic heterocycles. The van der Waals surface area contributed by atoms with Gasteiger partial charge in [-0.25, -0.2) is 4.68 Å². The average molecular weight is 235 g/mol. The van der Waals surface area contributed by atoms with Gasteiger partial charge < -0.3 is 14.9 Å². The van der Waals surface area contributed by atoms with Crippen molar-refractivity contribution < 1.29 is 14.9 Å². The fourth-order valence-electron chi connectivity index (χ4n) is 1.45. The number of hydrogen-bond acceptors (Lipinski definition) is 5. The second-order valence-electron chi connectivity index (χ2n) is 3.53. The summed E-state index contributed by atoms with van der Waals surface area (Å²) in [6.07, 6.45) is 0.224. The second-order valence-corrected chi connectivity index (χ2v) is 3.53. The summed E-state index contributed by atoms with van der Waals surface area (Å²) >= 11 is 0. The van der Waals surface area contributed by atoms with Gasteiger partial charge in [0.05, 0.1) is 19.9 Å². The van der Waals surface area contributed by atoms with E-state index in [1.165, 1.54) is 4.68 Å². The molecule has 1 heterocycles. The number of aromatic nitrogens is 3. The predicted octanol–water partition coefficient (Wildman–Crippen LogP) is 0.264. The van der Waals surface area contributed by atoms with Crippen molar-refractivity contribution in [2.75, 3.05) is 7.11 Å². The summed E-state index contributed by atoms with van der Waals surface area (Å²) in [7, 11) is 1.61. The Bertz CT molecular complexity index is 479. The maximum absolute atomic E-state index is 8.80. The molecule has 0 aliphatic rings. The van der Waals surface area contributed by atoms with E-state index < -0.39 is 6.29 Å². The van der Waals surface area contributed by atoms with Crippen molar-refractivity contribution in [2.45, 2.75) is 12.8 Å². The number of methoxy groups -OCH3 is 1. The zero-order chi connectivity index (χ0) is 12.3. The summed E-state index contributed by atoms with van der Waals surface area (Å²) in [6, 6.07) is 7.38. The van der Waals surface area contributed by atoms with Gasteiger partial charge in [0.25, 0.3) is 0 Å². The quantitative estimate of drug-likeness (QED) is 0.743. The lowest BCUT2D eigenvalue weighted by molar-refractivity contribution is -0.0537. The van der Waals surface area contributed by atoms with Crippen LogP contribution in [0.5, 0.6) is 5.75 Å². The summed E-state index contributed by atoms with van der Waals surface area (Å²) < 4.78 is 6.43. The zero-order valence-corrected chi connectivity index (χ0v) is 9.32. The smallest absolute Gasteiger partial charge is 0.171 e. The molecule has 1 aromatic carbocycles. The number of aliphatic hydroxyl groups excluding tert-OH is 1. The van der Waals surface area contributed by atoms with E-state index in [0.717, 1.165) is 11.3 Å². The Morgan fingerprint density at radius 3 is 2.59 bits per heavy atom. The summed E-state index contributed by atoms with van der Waals surface area (Å²) in [5.41, 5.74) is 1.57. The Hall–Kier alpha value is -1.92. The van der Waals surface area contributed by atoms with Gasteiger partial charge in [-0.15, -0.1) is 5.10 Å². The Morgan fingerprint density at radius 2 is 2.00 bits per heavy atom. The number of nitrogens with zero attached hydrogens (tertiary/aromatic N) is 3. The molecule has 90 valence electrons. The molecule has 6 heteroatoms. The third-order valence-corrected chi connectivity index (χ3v) is 2.27. The van der Waals surface area contributed by atoms with Gasteiger partial charge in [0.15, 0.2) is 6.29 Å². The van der Waals surface area contributed by atoms with Crippen LogP contribution in [0.25, 0.3) is 11.3 Å². The molecular formula is C11H13N3O3.